The van der Waals surface area contributed by atoms with Gasteiger partial charge in [-0.25, -0.2) is 13.1 Å². The van der Waals surface area contributed by atoms with Crippen LogP contribution in [0.1, 0.15) is 23.4 Å². The summed E-state index contributed by atoms with van der Waals surface area (Å²) in [4.78, 5) is 14.3. The Morgan fingerprint density at radius 1 is 1.48 bits per heavy atom. The molecule has 3 heterocycles. The van der Waals surface area contributed by atoms with E-state index in [9.17, 15) is 13.2 Å². The van der Waals surface area contributed by atoms with E-state index in [0.29, 0.717) is 13.1 Å². The van der Waals surface area contributed by atoms with Gasteiger partial charge in [0.1, 0.15) is 0 Å². The molecule has 0 radical (unpaired) electrons. The van der Waals surface area contributed by atoms with Crippen LogP contribution in [0.15, 0.2) is 40.1 Å². The van der Waals surface area contributed by atoms with Gasteiger partial charge in [-0.3, -0.25) is 9.48 Å². The fourth-order valence-corrected chi connectivity index (χ4v) is 3.39. The molecule has 8 nitrogen and oxygen atoms in total. The number of sulfonamides is 1. The highest BCUT2D eigenvalue weighted by Gasteiger charge is 2.32. The Morgan fingerprint density at radius 2 is 2.30 bits per heavy atom. The highest BCUT2D eigenvalue weighted by atomic mass is 32.2. The lowest BCUT2D eigenvalue weighted by atomic mass is 10.2. The average molecular weight is 338 g/mol. The predicted octanol–water partition coefficient (Wildman–Crippen LogP) is 0.689. The molecule has 2 aromatic heterocycles. The van der Waals surface area contributed by atoms with Crippen LogP contribution in [0.2, 0.25) is 0 Å². The Bertz CT molecular complexity index is 782. The molecule has 3 rings (SSSR count). The van der Waals surface area contributed by atoms with E-state index in [-0.39, 0.29) is 22.8 Å². The minimum absolute atomic E-state index is 0.0249. The molecular formula is C14H18N4O4S. The van der Waals surface area contributed by atoms with Gasteiger partial charge in [-0.1, -0.05) is 0 Å². The van der Waals surface area contributed by atoms with Gasteiger partial charge in [-0.2, -0.15) is 5.10 Å². The molecule has 0 unspecified atom stereocenters. The summed E-state index contributed by atoms with van der Waals surface area (Å²) < 4.78 is 32.6. The molecule has 124 valence electrons. The summed E-state index contributed by atoms with van der Waals surface area (Å²) in [7, 11) is -2.40. The summed E-state index contributed by atoms with van der Waals surface area (Å²) >= 11 is 0. The quantitative estimate of drug-likeness (QED) is 0.865. The first-order valence-electron chi connectivity index (χ1n) is 7.33. The molecule has 1 aliphatic heterocycles. The molecule has 1 aliphatic rings. The molecule has 0 spiro atoms. The largest absolute Gasteiger partial charge is 0.438 e. The van der Waals surface area contributed by atoms with Crippen molar-refractivity contribution < 1.29 is 17.6 Å². The van der Waals surface area contributed by atoms with Gasteiger partial charge in [0.15, 0.2) is 5.76 Å². The van der Waals surface area contributed by atoms with Gasteiger partial charge in [-0.15, -0.1) is 0 Å². The normalized spacial score (nSPS) is 18.5. The van der Waals surface area contributed by atoms with E-state index in [1.54, 1.807) is 15.8 Å². The first-order valence-corrected chi connectivity index (χ1v) is 8.81. The van der Waals surface area contributed by atoms with Gasteiger partial charge >= 0.3 is 0 Å². The topological polar surface area (TPSA) is 97.4 Å². The highest BCUT2D eigenvalue weighted by molar-refractivity contribution is 7.89. The van der Waals surface area contributed by atoms with Crippen LogP contribution in [-0.4, -0.2) is 48.6 Å². The van der Waals surface area contributed by atoms with E-state index in [1.165, 1.54) is 19.2 Å². The summed E-state index contributed by atoms with van der Waals surface area (Å²) in [6.45, 7) is 1.24. The van der Waals surface area contributed by atoms with Crippen LogP contribution >= 0.6 is 0 Å². The number of furan rings is 1. The van der Waals surface area contributed by atoms with Gasteiger partial charge in [-0.05, 0) is 38.1 Å². The minimum atomic E-state index is -3.69. The van der Waals surface area contributed by atoms with Crippen LogP contribution in [0.25, 0.3) is 0 Å². The van der Waals surface area contributed by atoms with Gasteiger partial charge in [0.05, 0.1) is 12.6 Å². The Morgan fingerprint density at radius 3 is 3.00 bits per heavy atom. The fourth-order valence-electron chi connectivity index (χ4n) is 2.74. The zero-order valence-corrected chi connectivity index (χ0v) is 13.5. The Labute approximate surface area is 134 Å². The molecule has 1 N–H and O–H groups in total. The number of amides is 1. The number of nitrogens with one attached hydrogen (secondary N) is 1. The lowest BCUT2D eigenvalue weighted by Gasteiger charge is -2.23. The van der Waals surface area contributed by atoms with Crippen molar-refractivity contribution in [3.05, 3.63) is 36.4 Å². The molecule has 1 atom stereocenters. The lowest BCUT2D eigenvalue weighted by molar-refractivity contribution is 0.0683. The van der Waals surface area contributed by atoms with E-state index in [0.717, 1.165) is 12.8 Å². The maximum atomic E-state index is 12.6. The monoisotopic (exact) mass is 338 g/mol. The van der Waals surface area contributed by atoms with Crippen LogP contribution in [-0.2, 0) is 16.6 Å². The van der Waals surface area contributed by atoms with Gasteiger partial charge in [0.25, 0.3) is 15.9 Å². The Balaban J connectivity index is 1.77. The van der Waals surface area contributed by atoms with Crippen LogP contribution < -0.4 is 4.72 Å². The number of aromatic nitrogens is 2. The molecule has 1 amide bonds. The van der Waals surface area contributed by atoms with Crippen molar-refractivity contribution in [2.45, 2.75) is 30.5 Å². The van der Waals surface area contributed by atoms with Crippen molar-refractivity contribution >= 4 is 15.9 Å². The Kier molecular flexibility index (Phi) is 4.22. The summed E-state index contributed by atoms with van der Waals surface area (Å²) in [6, 6.07) is 4.55. The molecule has 0 aromatic carbocycles. The fraction of sp³-hybridized carbons (Fsp3) is 0.429. The van der Waals surface area contributed by atoms with Crippen molar-refractivity contribution in [1.82, 2.24) is 19.4 Å². The number of carbonyl (C=O) groups excluding carboxylic acids is 1. The second kappa shape index (κ2) is 6.17. The summed E-state index contributed by atoms with van der Waals surface area (Å²) in [5.41, 5.74) is 0. The lowest BCUT2D eigenvalue weighted by Crippen LogP contribution is -2.38. The van der Waals surface area contributed by atoms with Crippen LogP contribution in [0.4, 0.5) is 0 Å². The second-order valence-electron chi connectivity index (χ2n) is 5.35. The number of likely N-dealkylation sites (tertiary alicyclic amines) is 1. The molecule has 23 heavy (non-hydrogen) atoms. The summed E-state index contributed by atoms with van der Waals surface area (Å²) in [5, 5.41) is 3.90. The SMILES string of the molecule is CNS(=O)(=O)c1ccc(C(=O)N2CCC[C@H]2Cn2cccn2)o1. The van der Waals surface area contributed by atoms with Crippen molar-refractivity contribution in [2.75, 3.05) is 13.6 Å². The Hall–Kier alpha value is -2.13. The van der Waals surface area contributed by atoms with E-state index in [1.807, 2.05) is 12.3 Å². The maximum Gasteiger partial charge on any atom is 0.289 e. The van der Waals surface area contributed by atoms with E-state index >= 15 is 0 Å². The molecule has 0 saturated carbocycles. The number of rotatable bonds is 5. The number of hydrogen-bond donors (Lipinski definition) is 1. The van der Waals surface area contributed by atoms with Crippen molar-refractivity contribution in [3.63, 3.8) is 0 Å². The average Bonchev–Trinajstić information content (AvgIpc) is 3.28. The maximum absolute atomic E-state index is 12.6. The highest BCUT2D eigenvalue weighted by Crippen LogP contribution is 2.23. The van der Waals surface area contributed by atoms with E-state index in [2.05, 4.69) is 9.82 Å². The first kappa shape index (κ1) is 15.8. The van der Waals surface area contributed by atoms with Crippen LogP contribution in [0, 0.1) is 0 Å². The molecule has 1 saturated heterocycles. The van der Waals surface area contributed by atoms with Crippen molar-refractivity contribution in [1.29, 1.82) is 0 Å². The zero-order chi connectivity index (χ0) is 16.4. The van der Waals surface area contributed by atoms with E-state index < -0.39 is 10.0 Å². The minimum Gasteiger partial charge on any atom is -0.438 e. The first-order chi connectivity index (χ1) is 11.0. The third-order valence-electron chi connectivity index (χ3n) is 3.92. The van der Waals surface area contributed by atoms with Crippen molar-refractivity contribution in [2.24, 2.45) is 0 Å². The summed E-state index contributed by atoms with van der Waals surface area (Å²) in [5.74, 6) is -0.261. The molecular weight excluding hydrogens is 320 g/mol. The smallest absolute Gasteiger partial charge is 0.289 e. The van der Waals surface area contributed by atoms with Gasteiger partial charge < -0.3 is 9.32 Å². The third kappa shape index (κ3) is 3.15. The second-order valence-corrected chi connectivity index (χ2v) is 7.17. The van der Waals surface area contributed by atoms with E-state index in [4.69, 9.17) is 4.42 Å². The standard InChI is InChI=1S/C14H18N4O4S/c1-15-23(20,21)13-6-5-12(22-13)14(19)18-9-2-4-11(18)10-17-8-3-7-16-17/h3,5-8,11,15H,2,4,9-10H2,1H3/t11-/m0/s1. The molecule has 2 aromatic rings. The van der Waals surface area contributed by atoms with Crippen LogP contribution in [0.3, 0.4) is 0 Å². The number of carbonyl (C=O) groups is 1. The third-order valence-corrected chi connectivity index (χ3v) is 5.21. The van der Waals surface area contributed by atoms with Gasteiger partial charge in [0, 0.05) is 18.9 Å². The van der Waals surface area contributed by atoms with Crippen molar-refractivity contribution in [3.8, 4) is 0 Å². The summed E-state index contributed by atoms with van der Waals surface area (Å²) in [6.07, 6.45) is 5.34. The molecule has 0 bridgehead atoms. The predicted molar refractivity (Wildman–Crippen MR) is 81.2 cm³/mol. The van der Waals surface area contributed by atoms with Crippen LogP contribution in [0.5, 0.6) is 0 Å². The number of hydrogen-bond acceptors (Lipinski definition) is 5. The molecule has 0 aliphatic carbocycles. The molecule has 9 heteroatoms. The number of nitrogens with zero attached hydrogens (tertiary/aromatic N) is 3. The zero-order valence-electron chi connectivity index (χ0n) is 12.7. The molecule has 1 fully saturated rings. The van der Waals surface area contributed by atoms with Gasteiger partial charge in [0.2, 0.25) is 5.09 Å².